The molecule has 0 rings (SSSR count). The molecule has 0 bridgehead atoms. The fraction of sp³-hybridized carbons (Fsp3) is 0.500. The summed E-state index contributed by atoms with van der Waals surface area (Å²) < 4.78 is 0. The summed E-state index contributed by atoms with van der Waals surface area (Å²) in [6, 6.07) is 0. The summed E-state index contributed by atoms with van der Waals surface area (Å²) in [4.78, 5) is 0. The van der Waals surface area contributed by atoms with Gasteiger partial charge in [0.25, 0.3) is 0 Å². The van der Waals surface area contributed by atoms with E-state index in [1.165, 1.54) is 11.6 Å². The minimum absolute atomic E-state index is 0.447. The van der Waals surface area contributed by atoms with Gasteiger partial charge in [-0.3, -0.25) is 0 Å². The van der Waals surface area contributed by atoms with Crippen molar-refractivity contribution in [2.24, 2.45) is 0 Å². The summed E-state index contributed by atoms with van der Waals surface area (Å²) in [5, 5.41) is 9.18. The zero-order chi connectivity index (χ0) is 5.70. The number of halogens is 2. The lowest BCUT2D eigenvalue weighted by molar-refractivity contribution is 0.250. The molecule has 1 N–H and O–H groups in total. The molecule has 0 aliphatic heterocycles. The molecule has 7 heavy (non-hydrogen) atoms. The van der Waals surface area contributed by atoms with E-state index in [4.69, 9.17) is 16.7 Å². The van der Waals surface area contributed by atoms with Crippen LogP contribution in [0.15, 0.2) is 11.6 Å². The molecule has 0 aliphatic carbocycles. The van der Waals surface area contributed by atoms with Gasteiger partial charge in [-0.2, -0.15) is 0 Å². The van der Waals surface area contributed by atoms with Crippen LogP contribution in [0.25, 0.3) is 0 Å². The van der Waals surface area contributed by atoms with Crippen molar-refractivity contribution in [2.45, 2.75) is 6.10 Å². The van der Waals surface area contributed by atoms with Gasteiger partial charge < -0.3 is 5.11 Å². The van der Waals surface area contributed by atoms with Crippen molar-refractivity contribution in [1.29, 1.82) is 0 Å². The van der Waals surface area contributed by atoms with Crippen molar-refractivity contribution < 1.29 is 5.11 Å². The van der Waals surface area contributed by atoms with Crippen LogP contribution in [-0.2, 0) is 0 Å². The number of alkyl halides is 1. The van der Waals surface area contributed by atoms with E-state index in [-0.39, 0.29) is 0 Å². The van der Waals surface area contributed by atoms with Crippen molar-refractivity contribution in [1.82, 2.24) is 0 Å². The first kappa shape index (κ1) is 7.47. The summed E-state index contributed by atoms with van der Waals surface area (Å²) in [7, 11) is 0. The van der Waals surface area contributed by atoms with Crippen LogP contribution in [0, 0.1) is 0 Å². The highest BCUT2D eigenvalue weighted by atomic mass is 79.9. The third-order valence-corrected chi connectivity index (χ3v) is 1.26. The number of rotatable bonds is 2. The molecule has 0 aromatic heterocycles. The second-order valence-corrected chi connectivity index (χ2v) is 1.94. The van der Waals surface area contributed by atoms with Crippen LogP contribution in [-0.4, -0.2) is 16.5 Å². The van der Waals surface area contributed by atoms with Crippen LogP contribution in [0.5, 0.6) is 0 Å². The lowest BCUT2D eigenvalue weighted by atomic mass is 10.4. The predicted octanol–water partition coefficient (Wildman–Crippen LogP) is 1.49. The van der Waals surface area contributed by atoms with Gasteiger partial charge in [-0.1, -0.05) is 27.5 Å². The van der Waals surface area contributed by atoms with E-state index in [1.807, 2.05) is 0 Å². The largest absolute Gasteiger partial charge is 0.388 e. The highest BCUT2D eigenvalue weighted by Gasteiger charge is 1.90. The van der Waals surface area contributed by atoms with Gasteiger partial charge in [0.15, 0.2) is 0 Å². The molecule has 0 fully saturated rings. The predicted molar refractivity (Wildman–Crippen MR) is 34.8 cm³/mol. The fourth-order valence-electron chi connectivity index (χ4n) is 0.135. The zero-order valence-corrected chi connectivity index (χ0v) is 5.98. The average molecular weight is 185 g/mol. The van der Waals surface area contributed by atoms with Crippen LogP contribution in [0.4, 0.5) is 0 Å². The number of aliphatic hydroxyl groups is 1. The molecule has 0 aromatic carbocycles. The number of hydrogen-bond donors (Lipinski definition) is 1. The van der Waals surface area contributed by atoms with E-state index in [1.54, 1.807) is 0 Å². The maximum Gasteiger partial charge on any atom is 0.0829 e. The first-order valence-electron chi connectivity index (χ1n) is 1.82. The minimum atomic E-state index is -0.447. The quantitative estimate of drug-likeness (QED) is 0.647. The van der Waals surface area contributed by atoms with E-state index in [2.05, 4.69) is 15.9 Å². The third-order valence-electron chi connectivity index (χ3n) is 0.453. The van der Waals surface area contributed by atoms with Gasteiger partial charge in [0.1, 0.15) is 0 Å². The smallest absolute Gasteiger partial charge is 0.0829 e. The molecule has 0 amide bonds. The van der Waals surface area contributed by atoms with Crippen LogP contribution in [0.3, 0.4) is 0 Å². The first-order valence-corrected chi connectivity index (χ1v) is 3.38. The summed E-state index contributed by atoms with van der Waals surface area (Å²) >= 11 is 8.17. The first-order chi connectivity index (χ1) is 3.31. The minimum Gasteiger partial charge on any atom is -0.388 e. The SMILES string of the molecule is OC(/C=C/Cl)CBr. The Balaban J connectivity index is 3.16. The molecule has 0 saturated heterocycles. The lowest BCUT2D eigenvalue weighted by Crippen LogP contribution is -2.01. The number of hydrogen-bond acceptors (Lipinski definition) is 1. The highest BCUT2D eigenvalue weighted by Crippen LogP contribution is 1.92. The van der Waals surface area contributed by atoms with Crippen molar-refractivity contribution in [3.63, 3.8) is 0 Å². The molecule has 3 heteroatoms. The Morgan fingerprint density at radius 2 is 2.43 bits per heavy atom. The van der Waals surface area contributed by atoms with Crippen molar-refractivity contribution in [3.05, 3.63) is 11.6 Å². The summed E-state index contributed by atoms with van der Waals surface area (Å²) in [6.45, 7) is 0. The Morgan fingerprint density at radius 1 is 1.86 bits per heavy atom. The van der Waals surface area contributed by atoms with E-state index in [0.29, 0.717) is 5.33 Å². The molecule has 0 heterocycles. The summed E-state index contributed by atoms with van der Waals surface area (Å²) in [6.07, 6.45) is 1.05. The molecule has 0 saturated carbocycles. The number of aliphatic hydroxyl groups excluding tert-OH is 1. The van der Waals surface area contributed by atoms with Crippen LogP contribution in [0.2, 0.25) is 0 Å². The molecule has 42 valence electrons. The molecule has 0 radical (unpaired) electrons. The molecule has 1 unspecified atom stereocenters. The Hall–Kier alpha value is 0.470. The molecule has 0 aromatic rings. The van der Waals surface area contributed by atoms with Gasteiger partial charge in [-0.15, -0.1) is 0 Å². The Bertz CT molecular complexity index is 64.7. The van der Waals surface area contributed by atoms with Crippen molar-refractivity contribution >= 4 is 27.5 Å². The molecule has 0 spiro atoms. The third kappa shape index (κ3) is 4.32. The van der Waals surface area contributed by atoms with E-state index in [9.17, 15) is 0 Å². The molecule has 1 atom stereocenters. The molecular weight excluding hydrogens is 179 g/mol. The Morgan fingerprint density at radius 3 is 2.57 bits per heavy atom. The molecular formula is C4H6BrClO. The van der Waals surface area contributed by atoms with Gasteiger partial charge in [-0.05, 0) is 6.08 Å². The van der Waals surface area contributed by atoms with Gasteiger partial charge >= 0.3 is 0 Å². The van der Waals surface area contributed by atoms with Gasteiger partial charge in [0.2, 0.25) is 0 Å². The zero-order valence-electron chi connectivity index (χ0n) is 3.64. The average Bonchev–Trinajstić information content (AvgIpc) is 1.68. The standard InChI is InChI=1S/C4H6BrClO/c5-3-4(7)1-2-6/h1-2,4,7H,3H2/b2-1+. The monoisotopic (exact) mass is 184 g/mol. The maximum absolute atomic E-state index is 8.64. The summed E-state index contributed by atoms with van der Waals surface area (Å²) in [5.41, 5.74) is 1.30. The molecule has 1 nitrogen and oxygen atoms in total. The normalized spacial score (nSPS) is 15.3. The second-order valence-electron chi connectivity index (χ2n) is 1.04. The summed E-state index contributed by atoms with van der Waals surface area (Å²) in [5.74, 6) is 0. The van der Waals surface area contributed by atoms with Crippen molar-refractivity contribution in [3.8, 4) is 0 Å². The van der Waals surface area contributed by atoms with Crippen LogP contribution < -0.4 is 0 Å². The maximum atomic E-state index is 8.64. The second kappa shape index (κ2) is 4.62. The van der Waals surface area contributed by atoms with Gasteiger partial charge in [0, 0.05) is 10.9 Å². The Labute approximate surface area is 56.1 Å². The van der Waals surface area contributed by atoms with Crippen LogP contribution >= 0.6 is 27.5 Å². The van der Waals surface area contributed by atoms with Gasteiger partial charge in [-0.25, -0.2) is 0 Å². The fourth-order valence-corrected chi connectivity index (χ4v) is 0.519. The topological polar surface area (TPSA) is 20.2 Å². The van der Waals surface area contributed by atoms with Gasteiger partial charge in [0.05, 0.1) is 6.10 Å². The van der Waals surface area contributed by atoms with E-state index in [0.717, 1.165) is 0 Å². The van der Waals surface area contributed by atoms with Crippen LogP contribution in [0.1, 0.15) is 0 Å². The Kier molecular flexibility index (Phi) is 4.94. The highest BCUT2D eigenvalue weighted by molar-refractivity contribution is 9.09. The molecule has 0 aliphatic rings. The lowest BCUT2D eigenvalue weighted by Gasteiger charge is -1.93. The van der Waals surface area contributed by atoms with Crippen molar-refractivity contribution in [2.75, 3.05) is 5.33 Å². The van der Waals surface area contributed by atoms with E-state index >= 15 is 0 Å². The van der Waals surface area contributed by atoms with E-state index < -0.39 is 6.10 Å².